The normalized spacial score (nSPS) is 14.4. The summed E-state index contributed by atoms with van der Waals surface area (Å²) in [6, 6.07) is 6.73. The first-order valence-electron chi connectivity index (χ1n) is 12.6. The van der Waals surface area contributed by atoms with E-state index < -0.39 is 23.5 Å². The first-order valence-corrected chi connectivity index (χ1v) is 12.6. The lowest BCUT2D eigenvalue weighted by molar-refractivity contribution is -0.139. The van der Waals surface area contributed by atoms with Crippen LogP contribution in [0.15, 0.2) is 55.2 Å². The van der Waals surface area contributed by atoms with Gasteiger partial charge in [0, 0.05) is 55.4 Å². The molecule has 0 bridgehead atoms. The maximum Gasteiger partial charge on any atom is 0.419 e. The minimum absolute atomic E-state index is 0.236. The molecule has 13 heteroatoms. The van der Waals surface area contributed by atoms with Gasteiger partial charge in [0.05, 0.1) is 23.1 Å². The van der Waals surface area contributed by atoms with Crippen LogP contribution in [0.5, 0.6) is 0 Å². The van der Waals surface area contributed by atoms with Gasteiger partial charge in [0.15, 0.2) is 5.82 Å². The van der Waals surface area contributed by atoms with Crippen molar-refractivity contribution in [2.75, 3.05) is 42.9 Å². The molecular formula is C27H26F4N8O. The average Bonchev–Trinajstić information content (AvgIpc) is 3.44. The summed E-state index contributed by atoms with van der Waals surface area (Å²) in [4.78, 5) is 24.8. The third-order valence-corrected chi connectivity index (χ3v) is 6.84. The summed E-state index contributed by atoms with van der Waals surface area (Å²) in [5.74, 6) is -2.17. The number of hydrogen-bond donors (Lipinski definition) is 1. The van der Waals surface area contributed by atoms with E-state index in [0.717, 1.165) is 12.1 Å². The van der Waals surface area contributed by atoms with Crippen molar-refractivity contribution in [1.82, 2.24) is 29.9 Å². The summed E-state index contributed by atoms with van der Waals surface area (Å²) >= 11 is 0. The Labute approximate surface area is 227 Å². The molecule has 2 aromatic heterocycles. The highest BCUT2D eigenvalue weighted by Gasteiger charge is 2.37. The third-order valence-electron chi connectivity index (χ3n) is 6.84. The Morgan fingerprint density at radius 2 is 1.75 bits per heavy atom. The van der Waals surface area contributed by atoms with Gasteiger partial charge in [-0.3, -0.25) is 4.79 Å². The van der Waals surface area contributed by atoms with Crippen LogP contribution in [0.25, 0.3) is 16.9 Å². The van der Waals surface area contributed by atoms with E-state index in [-0.39, 0.29) is 11.3 Å². The molecule has 208 valence electrons. The van der Waals surface area contributed by atoms with Gasteiger partial charge in [-0.25, -0.2) is 19.0 Å². The van der Waals surface area contributed by atoms with Crippen LogP contribution in [0.2, 0.25) is 0 Å². The number of rotatable bonds is 6. The maximum absolute atomic E-state index is 15.1. The highest BCUT2D eigenvalue weighted by atomic mass is 19.4. The molecule has 0 aliphatic carbocycles. The minimum Gasteiger partial charge on any atom is -0.367 e. The Morgan fingerprint density at radius 3 is 2.42 bits per heavy atom. The molecule has 1 saturated heterocycles. The number of benzene rings is 2. The molecule has 9 nitrogen and oxygen atoms in total. The fourth-order valence-corrected chi connectivity index (χ4v) is 4.56. The molecule has 1 aliphatic heterocycles. The van der Waals surface area contributed by atoms with E-state index in [0.29, 0.717) is 54.9 Å². The smallest absolute Gasteiger partial charge is 0.367 e. The summed E-state index contributed by atoms with van der Waals surface area (Å²) in [6.45, 7) is 6.49. The van der Waals surface area contributed by atoms with Crippen LogP contribution in [-0.2, 0) is 6.18 Å². The van der Waals surface area contributed by atoms with Crippen molar-refractivity contribution < 1.29 is 22.4 Å². The molecule has 0 spiro atoms. The zero-order chi connectivity index (χ0) is 28.4. The van der Waals surface area contributed by atoms with Crippen LogP contribution in [0.1, 0.15) is 28.4 Å². The SMILES string of the molecule is CCN1CCN(c2cc(C(=O)Nc3ccc(C)c(-n4cc(-c5cncnc5)nn4)c3)cc(C(F)(F)F)c2F)CC1. The zero-order valence-electron chi connectivity index (χ0n) is 21.8. The van der Waals surface area contributed by atoms with Gasteiger partial charge in [-0.1, -0.05) is 18.2 Å². The quantitative estimate of drug-likeness (QED) is 0.349. The predicted molar refractivity (Wildman–Crippen MR) is 141 cm³/mol. The van der Waals surface area contributed by atoms with E-state index in [1.165, 1.54) is 17.1 Å². The Balaban J connectivity index is 1.43. The van der Waals surface area contributed by atoms with Gasteiger partial charge < -0.3 is 15.1 Å². The van der Waals surface area contributed by atoms with Crippen LogP contribution < -0.4 is 10.2 Å². The largest absolute Gasteiger partial charge is 0.419 e. The van der Waals surface area contributed by atoms with Crippen molar-refractivity contribution in [2.45, 2.75) is 20.0 Å². The molecule has 5 rings (SSSR count). The standard InChI is InChI=1S/C27H26F4N8O/c1-3-37-6-8-38(9-7-37)24-11-18(10-21(25(24)28)27(29,30)31)26(40)34-20-5-4-17(2)23(12-20)39-15-22(35-36-39)19-13-32-16-33-14-19/h4-5,10-16H,3,6-9H2,1-2H3,(H,34,40). The van der Waals surface area contributed by atoms with Crippen molar-refractivity contribution in [1.29, 1.82) is 0 Å². The molecule has 1 aliphatic rings. The van der Waals surface area contributed by atoms with Crippen LogP contribution in [0.4, 0.5) is 28.9 Å². The van der Waals surface area contributed by atoms with Crippen LogP contribution >= 0.6 is 0 Å². The molecular weight excluding hydrogens is 528 g/mol. The second kappa shape index (κ2) is 11.0. The van der Waals surface area contributed by atoms with Crippen molar-refractivity contribution in [3.63, 3.8) is 0 Å². The summed E-state index contributed by atoms with van der Waals surface area (Å²) in [7, 11) is 0. The zero-order valence-corrected chi connectivity index (χ0v) is 21.8. The van der Waals surface area contributed by atoms with Crippen molar-refractivity contribution >= 4 is 17.3 Å². The Kier molecular flexibility index (Phi) is 7.48. The van der Waals surface area contributed by atoms with E-state index >= 15 is 4.39 Å². The van der Waals surface area contributed by atoms with E-state index in [1.54, 1.807) is 41.7 Å². The molecule has 40 heavy (non-hydrogen) atoms. The number of halogens is 4. The maximum atomic E-state index is 15.1. The summed E-state index contributed by atoms with van der Waals surface area (Å²) in [5, 5.41) is 10.9. The fraction of sp³-hybridized carbons (Fsp3) is 0.296. The molecule has 1 fully saturated rings. The van der Waals surface area contributed by atoms with Gasteiger partial charge in [-0.05, 0) is 43.3 Å². The van der Waals surface area contributed by atoms with Crippen LogP contribution in [0, 0.1) is 12.7 Å². The van der Waals surface area contributed by atoms with Gasteiger partial charge in [0.2, 0.25) is 0 Å². The Hall–Kier alpha value is -4.39. The Bertz CT molecular complexity index is 1510. The molecule has 0 saturated carbocycles. The predicted octanol–water partition coefficient (Wildman–Crippen LogP) is 4.58. The number of alkyl halides is 3. The number of amides is 1. The number of carbonyl (C=O) groups is 1. The van der Waals surface area contributed by atoms with Gasteiger partial charge in [-0.15, -0.1) is 5.10 Å². The Morgan fingerprint density at radius 1 is 1.02 bits per heavy atom. The van der Waals surface area contributed by atoms with Gasteiger partial charge >= 0.3 is 6.18 Å². The number of nitrogens with zero attached hydrogens (tertiary/aromatic N) is 7. The van der Waals surface area contributed by atoms with Crippen molar-refractivity contribution in [3.05, 3.63) is 77.8 Å². The number of nitrogens with one attached hydrogen (secondary N) is 1. The molecule has 2 aromatic carbocycles. The van der Waals surface area contributed by atoms with Gasteiger partial charge in [0.25, 0.3) is 5.91 Å². The van der Waals surface area contributed by atoms with E-state index in [1.807, 2.05) is 13.8 Å². The lowest BCUT2D eigenvalue weighted by atomic mass is 10.1. The molecule has 1 N–H and O–H groups in total. The van der Waals surface area contributed by atoms with Gasteiger partial charge in [0.1, 0.15) is 12.0 Å². The van der Waals surface area contributed by atoms with E-state index in [2.05, 4.69) is 30.5 Å². The second-order valence-electron chi connectivity index (χ2n) is 9.41. The molecule has 0 atom stereocenters. The fourth-order valence-electron chi connectivity index (χ4n) is 4.56. The third kappa shape index (κ3) is 5.64. The monoisotopic (exact) mass is 554 g/mol. The average molecular weight is 555 g/mol. The van der Waals surface area contributed by atoms with Crippen LogP contribution in [0.3, 0.4) is 0 Å². The number of anilines is 2. The second-order valence-corrected chi connectivity index (χ2v) is 9.41. The minimum atomic E-state index is -4.97. The number of hydrogen-bond acceptors (Lipinski definition) is 7. The highest BCUT2D eigenvalue weighted by molar-refractivity contribution is 6.05. The van der Waals surface area contributed by atoms with Crippen molar-refractivity contribution in [2.24, 2.45) is 0 Å². The molecule has 3 heterocycles. The number of likely N-dealkylation sites (N-methyl/N-ethyl adjacent to an activating group) is 1. The molecule has 0 unspecified atom stereocenters. The van der Waals surface area contributed by atoms with Crippen LogP contribution in [-0.4, -0.2) is 68.5 Å². The van der Waals surface area contributed by atoms with Crippen molar-refractivity contribution in [3.8, 4) is 16.9 Å². The number of carbonyl (C=O) groups excluding carboxylic acids is 1. The summed E-state index contributed by atoms with van der Waals surface area (Å²) in [6.07, 6.45) is 1.30. The van der Waals surface area contributed by atoms with Gasteiger partial charge in [-0.2, -0.15) is 13.2 Å². The summed E-state index contributed by atoms with van der Waals surface area (Å²) in [5.41, 5.74) is 0.925. The molecule has 4 aromatic rings. The summed E-state index contributed by atoms with van der Waals surface area (Å²) < 4.78 is 57.9. The van der Waals surface area contributed by atoms with E-state index in [4.69, 9.17) is 0 Å². The molecule has 0 radical (unpaired) electrons. The molecule has 1 amide bonds. The number of piperazine rings is 1. The lowest BCUT2D eigenvalue weighted by Crippen LogP contribution is -2.46. The number of aromatic nitrogens is 5. The lowest BCUT2D eigenvalue weighted by Gasteiger charge is -2.36. The first kappa shape index (κ1) is 27.2. The first-order chi connectivity index (χ1) is 19.1. The topological polar surface area (TPSA) is 92.1 Å². The van der Waals surface area contributed by atoms with E-state index in [9.17, 15) is 18.0 Å². The number of aryl methyl sites for hydroxylation is 1. The highest BCUT2D eigenvalue weighted by Crippen LogP contribution is 2.37.